The first kappa shape index (κ1) is 3.11. The molecule has 1 aliphatic rings. The number of hydrogen-bond acceptors (Lipinski definition) is 0. The van der Waals surface area contributed by atoms with Crippen LogP contribution in [0.5, 0.6) is 0 Å². The molecule has 0 amide bonds. The Balaban J connectivity index is 2.29. The normalized spacial score (nSPS) is 49.1. The van der Waals surface area contributed by atoms with Gasteiger partial charge in [0.05, 0.1) is 0 Å². The van der Waals surface area contributed by atoms with Gasteiger partial charge in [0.2, 0.25) is 0 Å². The molecule has 0 heteroatoms. The van der Waals surface area contributed by atoms with Crippen molar-refractivity contribution < 1.29 is 2.74 Å². The van der Waals surface area contributed by atoms with Crippen LogP contribution in [0, 0.1) is 0 Å². The third-order valence-corrected chi connectivity index (χ3v) is 1.40. The van der Waals surface area contributed by atoms with Crippen molar-refractivity contribution >= 4 is 0 Å². The van der Waals surface area contributed by atoms with Crippen molar-refractivity contribution in [3.63, 3.8) is 0 Å². The molecule has 0 saturated heterocycles. The van der Waals surface area contributed by atoms with Crippen LogP contribution in [0.4, 0.5) is 0 Å². The Kier molecular flexibility index (Phi) is 1.36. The van der Waals surface area contributed by atoms with E-state index in [9.17, 15) is 0 Å². The maximum atomic E-state index is 7.42. The molecule has 1 fully saturated rings. The van der Waals surface area contributed by atoms with Gasteiger partial charge in [-0.05, 0) is 0 Å². The summed E-state index contributed by atoms with van der Waals surface area (Å²) in [4.78, 5) is 0. The highest BCUT2D eigenvalue weighted by Gasteiger charge is 1.95. The van der Waals surface area contributed by atoms with E-state index >= 15 is 0 Å². The molecule has 0 aromatic heterocycles. The third-order valence-electron chi connectivity index (χ3n) is 1.40. The molecule has 2 unspecified atom stereocenters. The Bertz CT molecular complexity index is 73.0. The van der Waals surface area contributed by atoms with Crippen molar-refractivity contribution in [1.82, 2.24) is 0 Å². The molecule has 0 spiro atoms. The van der Waals surface area contributed by atoms with Crippen LogP contribution in [0.2, 0.25) is 0 Å². The average Bonchev–Trinajstić information content (AvgIpc) is 1.93. The molecule has 0 nitrogen and oxygen atoms in total. The Morgan fingerprint density at radius 3 is 1.86 bits per heavy atom. The highest BCUT2D eigenvalue weighted by Crippen LogP contribution is 2.15. The first-order valence-corrected chi connectivity index (χ1v) is 3.13. The van der Waals surface area contributed by atoms with E-state index in [-0.39, 0.29) is 12.8 Å². The fourth-order valence-electron chi connectivity index (χ4n) is 0.931. The van der Waals surface area contributed by atoms with E-state index in [1.165, 1.54) is 12.8 Å². The van der Waals surface area contributed by atoms with Crippen LogP contribution in [0.15, 0.2) is 0 Å². The first-order valence-electron chi connectivity index (χ1n) is 4.29. The third kappa shape index (κ3) is 1.96. The molecule has 1 aliphatic carbocycles. The van der Waals surface area contributed by atoms with E-state index in [0.29, 0.717) is 0 Å². The Hall–Kier alpha value is 0. The zero-order chi connectivity index (χ0) is 6.69. The van der Waals surface area contributed by atoms with E-state index in [1.807, 2.05) is 0 Å². The fourth-order valence-corrected chi connectivity index (χ4v) is 0.931. The van der Waals surface area contributed by atoms with Crippen LogP contribution in [-0.2, 0) is 0 Å². The smallest absolute Gasteiger partial charge is 0.0267 e. The summed E-state index contributed by atoms with van der Waals surface area (Å²) in [5.41, 5.74) is 0. The Morgan fingerprint density at radius 2 is 1.29 bits per heavy atom. The molecule has 42 valence electrons. The Labute approximate surface area is 48.7 Å². The zero-order valence-corrected chi connectivity index (χ0v) is 4.69. The molecular weight excluding hydrogens is 84.1 g/mol. The quantitative estimate of drug-likeness (QED) is 0.410. The molecule has 1 rings (SSSR count). The maximum absolute atomic E-state index is 7.42. The molecule has 7 heavy (non-hydrogen) atoms. The van der Waals surface area contributed by atoms with E-state index in [0.717, 1.165) is 19.3 Å². The van der Waals surface area contributed by atoms with Crippen molar-refractivity contribution in [3.05, 3.63) is 0 Å². The second kappa shape index (κ2) is 3.06. The number of rotatable bonds is 0. The van der Waals surface area contributed by atoms with Gasteiger partial charge in [-0.25, -0.2) is 0 Å². The van der Waals surface area contributed by atoms with Crippen LogP contribution in [0.3, 0.4) is 0 Å². The minimum absolute atomic E-state index is 0.0648. The van der Waals surface area contributed by atoms with Gasteiger partial charge in [-0.15, -0.1) is 0 Å². The lowest BCUT2D eigenvalue weighted by atomic mass is 10.2. The van der Waals surface area contributed by atoms with Crippen molar-refractivity contribution in [2.45, 2.75) is 44.9 Å². The fraction of sp³-hybridized carbons (Fsp3) is 1.00. The van der Waals surface area contributed by atoms with Crippen molar-refractivity contribution in [1.29, 1.82) is 0 Å². The van der Waals surface area contributed by atoms with Gasteiger partial charge in [-0.3, -0.25) is 0 Å². The largest absolute Gasteiger partial charge is 0.0533 e. The van der Waals surface area contributed by atoms with Crippen molar-refractivity contribution in [3.8, 4) is 0 Å². The molecular formula is C7H14. The maximum Gasteiger partial charge on any atom is 0.0267 e. The zero-order valence-electron chi connectivity index (χ0n) is 6.69. The van der Waals surface area contributed by atoms with E-state index in [1.54, 1.807) is 0 Å². The molecule has 0 aliphatic heterocycles. The predicted molar refractivity (Wildman–Crippen MR) is 32.3 cm³/mol. The number of hydrogen-bond donors (Lipinski definition) is 0. The van der Waals surface area contributed by atoms with Crippen LogP contribution in [0.25, 0.3) is 0 Å². The minimum atomic E-state index is 0.0648. The topological polar surface area (TPSA) is 0 Å². The Morgan fingerprint density at radius 1 is 0.714 bits per heavy atom. The summed E-state index contributed by atoms with van der Waals surface area (Å²) >= 11 is 0. The molecule has 2 atom stereocenters. The average molecular weight is 100 g/mol. The lowest BCUT2D eigenvalue weighted by Crippen LogP contribution is -1.66. The lowest BCUT2D eigenvalue weighted by Gasteiger charge is -1.85. The highest BCUT2D eigenvalue weighted by atomic mass is 14.0. The summed E-state index contributed by atoms with van der Waals surface area (Å²) in [6, 6.07) is 0. The van der Waals surface area contributed by atoms with Gasteiger partial charge in [0.1, 0.15) is 0 Å². The standard InChI is InChI=1S/C7H14/c1-2-4-6-7-5-3-1/h1-7H2/i1D,4D. The van der Waals surface area contributed by atoms with Crippen molar-refractivity contribution in [2.75, 3.05) is 0 Å². The molecule has 0 bridgehead atoms. The van der Waals surface area contributed by atoms with Gasteiger partial charge in [0, 0.05) is 2.74 Å². The van der Waals surface area contributed by atoms with Gasteiger partial charge < -0.3 is 0 Å². The monoisotopic (exact) mass is 100 g/mol. The molecule has 0 radical (unpaired) electrons. The van der Waals surface area contributed by atoms with E-state index in [4.69, 9.17) is 2.74 Å². The van der Waals surface area contributed by atoms with E-state index < -0.39 is 0 Å². The summed E-state index contributed by atoms with van der Waals surface area (Å²) in [7, 11) is 0. The molecule has 1 saturated carbocycles. The summed E-state index contributed by atoms with van der Waals surface area (Å²) in [5, 5.41) is 0. The summed E-state index contributed by atoms with van der Waals surface area (Å²) in [6.45, 7) is 0. The van der Waals surface area contributed by atoms with Gasteiger partial charge in [0.15, 0.2) is 0 Å². The summed E-state index contributed by atoms with van der Waals surface area (Å²) < 4.78 is 14.8. The molecule has 0 aromatic rings. The van der Waals surface area contributed by atoms with Crippen LogP contribution in [0.1, 0.15) is 47.6 Å². The van der Waals surface area contributed by atoms with Gasteiger partial charge >= 0.3 is 0 Å². The second-order valence-corrected chi connectivity index (χ2v) is 2.10. The predicted octanol–water partition coefficient (Wildman–Crippen LogP) is 2.73. The molecule has 0 aromatic carbocycles. The van der Waals surface area contributed by atoms with Gasteiger partial charge in [-0.1, -0.05) is 44.9 Å². The van der Waals surface area contributed by atoms with E-state index in [2.05, 4.69) is 0 Å². The van der Waals surface area contributed by atoms with Crippen LogP contribution >= 0.6 is 0 Å². The summed E-state index contributed by atoms with van der Waals surface area (Å²) in [6.07, 6.45) is 5.32. The molecule has 0 N–H and O–H groups in total. The SMILES string of the molecule is [2H]C1CCCCC([2H])C1. The van der Waals surface area contributed by atoms with Gasteiger partial charge in [-0.2, -0.15) is 0 Å². The highest BCUT2D eigenvalue weighted by molar-refractivity contribution is 4.51. The molecule has 0 heterocycles. The first-order chi connectivity index (χ1) is 4.29. The summed E-state index contributed by atoms with van der Waals surface area (Å²) in [5.74, 6) is 0. The lowest BCUT2D eigenvalue weighted by molar-refractivity contribution is 0.702. The minimum Gasteiger partial charge on any atom is -0.0533 e. The van der Waals surface area contributed by atoms with Gasteiger partial charge in [0.25, 0.3) is 0 Å². The van der Waals surface area contributed by atoms with Crippen LogP contribution in [-0.4, -0.2) is 0 Å². The second-order valence-electron chi connectivity index (χ2n) is 2.10. The van der Waals surface area contributed by atoms with Crippen molar-refractivity contribution in [2.24, 2.45) is 0 Å². The van der Waals surface area contributed by atoms with Crippen LogP contribution < -0.4 is 0 Å².